The summed E-state index contributed by atoms with van der Waals surface area (Å²) >= 11 is 0. The molecule has 7 heteroatoms. The highest BCUT2D eigenvalue weighted by Crippen LogP contribution is 1.99. The molecule has 0 aliphatic carbocycles. The molecule has 0 unspecified atom stereocenters. The molecule has 1 heterocycles. The second kappa shape index (κ2) is 5.92. The Morgan fingerprint density at radius 3 is 2.41 bits per heavy atom. The lowest BCUT2D eigenvalue weighted by Gasteiger charge is -2.12. The van der Waals surface area contributed by atoms with Crippen LogP contribution in [0.15, 0.2) is 18.2 Å². The Morgan fingerprint density at radius 2 is 1.88 bits per heavy atom. The average Bonchev–Trinajstić information content (AvgIpc) is 2.35. The van der Waals surface area contributed by atoms with Crippen molar-refractivity contribution >= 4 is 11.8 Å². The van der Waals surface area contributed by atoms with Crippen LogP contribution in [0.1, 0.15) is 21.0 Å². The maximum Gasteiger partial charge on any atom is 0.270 e. The van der Waals surface area contributed by atoms with Gasteiger partial charge >= 0.3 is 0 Å². The van der Waals surface area contributed by atoms with E-state index in [1.54, 1.807) is 0 Å². The normalized spacial score (nSPS) is 10.3. The fourth-order valence-electron chi connectivity index (χ4n) is 1.11. The zero-order chi connectivity index (χ0) is 12.8. The van der Waals surface area contributed by atoms with Gasteiger partial charge in [0.2, 0.25) is 0 Å². The minimum Gasteiger partial charge on any atom is -0.394 e. The van der Waals surface area contributed by atoms with E-state index < -0.39 is 31.1 Å². The number of nitrogens with zero attached hydrogens (tertiary/aromatic N) is 1. The molecule has 1 rings (SSSR count). The van der Waals surface area contributed by atoms with Gasteiger partial charge in [-0.1, -0.05) is 6.07 Å². The van der Waals surface area contributed by atoms with Gasteiger partial charge < -0.3 is 21.3 Å². The van der Waals surface area contributed by atoms with E-state index in [4.69, 9.17) is 15.9 Å². The van der Waals surface area contributed by atoms with E-state index in [-0.39, 0.29) is 11.4 Å². The standard InChI is InChI=1S/C10H13N3O4/c11-9(16)7-2-1-3-8(13-7)10(17)12-6(4-14)5-15/h1-3,6,14-15H,4-5H2,(H2,11,16)(H,12,17). The number of carbonyl (C=O) groups excluding carboxylic acids is 2. The second-order valence-corrected chi connectivity index (χ2v) is 3.31. The first-order chi connectivity index (χ1) is 8.08. The summed E-state index contributed by atoms with van der Waals surface area (Å²) in [5.41, 5.74) is 4.99. The molecule has 0 atom stereocenters. The van der Waals surface area contributed by atoms with Crippen LogP contribution in [0.3, 0.4) is 0 Å². The minimum absolute atomic E-state index is 0.00630. The molecule has 5 N–H and O–H groups in total. The minimum atomic E-state index is -0.762. The SMILES string of the molecule is NC(=O)c1cccc(C(=O)NC(CO)CO)n1. The van der Waals surface area contributed by atoms with Crippen molar-refractivity contribution in [3.63, 3.8) is 0 Å². The molecule has 2 amide bonds. The van der Waals surface area contributed by atoms with Gasteiger partial charge in [-0.15, -0.1) is 0 Å². The number of aliphatic hydroxyl groups excluding tert-OH is 2. The van der Waals surface area contributed by atoms with Crippen molar-refractivity contribution in [1.82, 2.24) is 10.3 Å². The van der Waals surface area contributed by atoms with Gasteiger partial charge in [0.1, 0.15) is 11.4 Å². The molecule has 1 aromatic rings. The average molecular weight is 239 g/mol. The smallest absolute Gasteiger partial charge is 0.270 e. The van der Waals surface area contributed by atoms with E-state index in [0.717, 1.165) is 0 Å². The Hall–Kier alpha value is -1.99. The maximum absolute atomic E-state index is 11.6. The van der Waals surface area contributed by atoms with Gasteiger partial charge in [0.25, 0.3) is 11.8 Å². The molecule has 92 valence electrons. The first kappa shape index (κ1) is 13.1. The molecule has 7 nitrogen and oxygen atoms in total. The van der Waals surface area contributed by atoms with E-state index in [0.29, 0.717) is 0 Å². The number of primary amides is 1. The third-order valence-corrected chi connectivity index (χ3v) is 2.01. The van der Waals surface area contributed by atoms with Crippen molar-refractivity contribution in [1.29, 1.82) is 0 Å². The van der Waals surface area contributed by atoms with E-state index in [1.165, 1.54) is 18.2 Å². The third kappa shape index (κ3) is 3.51. The molecule has 0 saturated carbocycles. The topological polar surface area (TPSA) is 126 Å². The van der Waals surface area contributed by atoms with Crippen molar-refractivity contribution < 1.29 is 19.8 Å². The first-order valence-corrected chi connectivity index (χ1v) is 4.88. The van der Waals surface area contributed by atoms with Crippen LogP contribution in [0.4, 0.5) is 0 Å². The maximum atomic E-state index is 11.6. The number of nitrogens with one attached hydrogen (secondary N) is 1. The van der Waals surface area contributed by atoms with E-state index in [1.807, 2.05) is 0 Å². The zero-order valence-electron chi connectivity index (χ0n) is 8.96. The number of aromatic nitrogens is 1. The molecular formula is C10H13N3O4. The van der Waals surface area contributed by atoms with Gasteiger partial charge in [-0.05, 0) is 12.1 Å². The number of aliphatic hydroxyl groups is 2. The van der Waals surface area contributed by atoms with Gasteiger partial charge in [-0.3, -0.25) is 9.59 Å². The Balaban J connectivity index is 2.82. The van der Waals surface area contributed by atoms with E-state index >= 15 is 0 Å². The predicted molar refractivity (Wildman–Crippen MR) is 58.2 cm³/mol. The number of hydrogen-bond acceptors (Lipinski definition) is 5. The number of carbonyl (C=O) groups is 2. The Kier molecular flexibility index (Phi) is 4.56. The predicted octanol–water partition coefficient (Wildman–Crippen LogP) is -1.74. The summed E-state index contributed by atoms with van der Waals surface area (Å²) in [4.78, 5) is 26.2. The molecule has 17 heavy (non-hydrogen) atoms. The second-order valence-electron chi connectivity index (χ2n) is 3.31. The van der Waals surface area contributed by atoms with E-state index in [9.17, 15) is 9.59 Å². The van der Waals surface area contributed by atoms with Crippen LogP contribution in [0.2, 0.25) is 0 Å². The van der Waals surface area contributed by atoms with Crippen LogP contribution in [0, 0.1) is 0 Å². The number of nitrogens with two attached hydrogens (primary N) is 1. The first-order valence-electron chi connectivity index (χ1n) is 4.88. The summed E-state index contributed by atoms with van der Waals surface area (Å²) in [6.45, 7) is -0.782. The largest absolute Gasteiger partial charge is 0.394 e. The monoisotopic (exact) mass is 239 g/mol. The van der Waals surface area contributed by atoms with Crippen LogP contribution < -0.4 is 11.1 Å². The van der Waals surface area contributed by atoms with Crippen molar-refractivity contribution in [3.8, 4) is 0 Å². The summed E-state index contributed by atoms with van der Waals surface area (Å²) < 4.78 is 0. The summed E-state index contributed by atoms with van der Waals surface area (Å²) in [7, 11) is 0. The number of amides is 2. The van der Waals surface area contributed by atoms with Crippen LogP contribution in [0.25, 0.3) is 0 Å². The molecular weight excluding hydrogens is 226 g/mol. The van der Waals surface area contributed by atoms with Crippen molar-refractivity contribution in [3.05, 3.63) is 29.6 Å². The van der Waals surface area contributed by atoms with Crippen LogP contribution >= 0.6 is 0 Å². The lowest BCUT2D eigenvalue weighted by Crippen LogP contribution is -2.40. The fourth-order valence-corrected chi connectivity index (χ4v) is 1.11. The van der Waals surface area contributed by atoms with Gasteiger partial charge in [0.15, 0.2) is 0 Å². The highest BCUT2D eigenvalue weighted by molar-refractivity contribution is 5.95. The molecule has 0 saturated heterocycles. The molecule has 0 spiro atoms. The molecule has 0 aromatic carbocycles. The Bertz CT molecular complexity index is 418. The molecule has 0 radical (unpaired) electrons. The van der Waals surface area contributed by atoms with Gasteiger partial charge in [0.05, 0.1) is 19.3 Å². The fraction of sp³-hybridized carbons (Fsp3) is 0.300. The summed E-state index contributed by atoms with van der Waals surface area (Å²) in [6.07, 6.45) is 0. The van der Waals surface area contributed by atoms with Crippen molar-refractivity contribution in [2.75, 3.05) is 13.2 Å². The van der Waals surface area contributed by atoms with Crippen LogP contribution in [-0.2, 0) is 0 Å². The van der Waals surface area contributed by atoms with Gasteiger partial charge in [0, 0.05) is 0 Å². The molecule has 0 fully saturated rings. The molecule has 0 aliphatic heterocycles. The Labute approximate surface area is 97.3 Å². The molecule has 0 bridgehead atoms. The highest BCUT2D eigenvalue weighted by Gasteiger charge is 2.14. The lowest BCUT2D eigenvalue weighted by atomic mass is 10.2. The summed E-state index contributed by atoms with van der Waals surface area (Å²) in [5, 5.41) is 19.9. The number of rotatable bonds is 5. The summed E-state index contributed by atoms with van der Waals surface area (Å²) in [5.74, 6) is -1.33. The van der Waals surface area contributed by atoms with Crippen LogP contribution in [-0.4, -0.2) is 46.3 Å². The third-order valence-electron chi connectivity index (χ3n) is 2.01. The number of hydrogen-bond donors (Lipinski definition) is 4. The van der Waals surface area contributed by atoms with E-state index in [2.05, 4.69) is 10.3 Å². The lowest BCUT2D eigenvalue weighted by molar-refractivity contribution is 0.0874. The number of pyridine rings is 1. The quantitative estimate of drug-likeness (QED) is 0.485. The molecule has 1 aromatic heterocycles. The Morgan fingerprint density at radius 1 is 1.29 bits per heavy atom. The van der Waals surface area contributed by atoms with Crippen molar-refractivity contribution in [2.45, 2.75) is 6.04 Å². The van der Waals surface area contributed by atoms with Gasteiger partial charge in [-0.2, -0.15) is 0 Å². The molecule has 0 aliphatic rings. The van der Waals surface area contributed by atoms with Crippen LogP contribution in [0.5, 0.6) is 0 Å². The van der Waals surface area contributed by atoms with Crippen molar-refractivity contribution in [2.24, 2.45) is 5.73 Å². The highest BCUT2D eigenvalue weighted by atomic mass is 16.3. The summed E-state index contributed by atoms with van der Waals surface area (Å²) in [6, 6.07) is 3.48. The van der Waals surface area contributed by atoms with Gasteiger partial charge in [-0.25, -0.2) is 4.98 Å². The zero-order valence-corrected chi connectivity index (χ0v) is 8.96.